The standard InChI is InChI=1S/C20H19ClN2O3/c1-11-9-14(13(3)23(11)17-8-6-5-7-16(17)21)10-15-18(20(25)26-4)12(2)22-19(15)24/h5-10H,1-4H3,(H,22,24). The third-order valence-corrected chi connectivity index (χ3v) is 4.76. The van der Waals surface area contributed by atoms with Gasteiger partial charge in [0.05, 0.1) is 29.0 Å². The lowest BCUT2D eigenvalue weighted by Gasteiger charge is -2.11. The largest absolute Gasteiger partial charge is 0.465 e. The minimum atomic E-state index is -0.535. The van der Waals surface area contributed by atoms with Crippen LogP contribution in [0.5, 0.6) is 0 Å². The second-order valence-electron chi connectivity index (χ2n) is 6.12. The molecule has 0 atom stereocenters. The Kier molecular flexibility index (Phi) is 4.74. The van der Waals surface area contributed by atoms with Crippen molar-refractivity contribution in [2.75, 3.05) is 7.11 Å². The quantitative estimate of drug-likeness (QED) is 0.661. The van der Waals surface area contributed by atoms with Crippen LogP contribution in [0, 0.1) is 13.8 Å². The molecule has 0 unspecified atom stereocenters. The van der Waals surface area contributed by atoms with E-state index in [1.54, 1.807) is 13.0 Å². The maximum Gasteiger partial charge on any atom is 0.340 e. The number of carbonyl (C=O) groups is 2. The van der Waals surface area contributed by atoms with Crippen LogP contribution in [0.15, 0.2) is 47.2 Å². The van der Waals surface area contributed by atoms with Gasteiger partial charge in [-0.2, -0.15) is 0 Å². The van der Waals surface area contributed by atoms with Crippen molar-refractivity contribution in [3.8, 4) is 5.69 Å². The molecule has 1 N–H and O–H groups in total. The number of benzene rings is 1. The van der Waals surface area contributed by atoms with E-state index in [0.29, 0.717) is 16.3 Å². The molecule has 0 aliphatic carbocycles. The first-order chi connectivity index (χ1) is 12.3. The van der Waals surface area contributed by atoms with Gasteiger partial charge >= 0.3 is 5.97 Å². The summed E-state index contributed by atoms with van der Waals surface area (Å²) in [7, 11) is 1.30. The zero-order valence-corrected chi connectivity index (χ0v) is 15.8. The summed E-state index contributed by atoms with van der Waals surface area (Å²) in [6, 6.07) is 9.53. The summed E-state index contributed by atoms with van der Waals surface area (Å²) in [5, 5.41) is 3.31. The summed E-state index contributed by atoms with van der Waals surface area (Å²) < 4.78 is 6.84. The number of rotatable bonds is 3. The lowest BCUT2D eigenvalue weighted by atomic mass is 10.0. The highest BCUT2D eigenvalue weighted by atomic mass is 35.5. The van der Waals surface area contributed by atoms with Gasteiger partial charge in [-0.3, -0.25) is 4.79 Å². The number of methoxy groups -OCH3 is 1. The summed E-state index contributed by atoms with van der Waals surface area (Å²) >= 11 is 6.34. The van der Waals surface area contributed by atoms with Crippen LogP contribution in [0.1, 0.15) is 23.9 Å². The minimum absolute atomic E-state index is 0.264. The van der Waals surface area contributed by atoms with E-state index in [-0.39, 0.29) is 11.5 Å². The number of aryl methyl sites for hydroxylation is 1. The lowest BCUT2D eigenvalue weighted by Crippen LogP contribution is -2.15. The van der Waals surface area contributed by atoms with E-state index < -0.39 is 5.97 Å². The van der Waals surface area contributed by atoms with Gasteiger partial charge in [-0.1, -0.05) is 23.7 Å². The van der Waals surface area contributed by atoms with Crippen LogP contribution < -0.4 is 5.32 Å². The van der Waals surface area contributed by atoms with Gasteiger partial charge in [-0.15, -0.1) is 0 Å². The second kappa shape index (κ2) is 6.84. The summed E-state index contributed by atoms with van der Waals surface area (Å²) in [5.74, 6) is -0.850. The Bertz CT molecular complexity index is 983. The molecule has 0 spiro atoms. The van der Waals surface area contributed by atoms with E-state index in [1.807, 2.05) is 48.7 Å². The van der Waals surface area contributed by atoms with E-state index in [4.69, 9.17) is 16.3 Å². The number of halogens is 1. The molecule has 1 aromatic carbocycles. The average Bonchev–Trinajstić information content (AvgIpc) is 3.03. The maximum atomic E-state index is 12.3. The number of hydrogen-bond donors (Lipinski definition) is 1. The number of aromatic nitrogens is 1. The minimum Gasteiger partial charge on any atom is -0.465 e. The number of amides is 1. The molecule has 3 rings (SSSR count). The molecule has 0 radical (unpaired) electrons. The van der Waals surface area contributed by atoms with E-state index in [0.717, 1.165) is 22.6 Å². The van der Waals surface area contributed by atoms with Crippen molar-refractivity contribution in [1.29, 1.82) is 0 Å². The number of nitrogens with zero attached hydrogens (tertiary/aromatic N) is 1. The number of hydrogen-bond acceptors (Lipinski definition) is 3. The van der Waals surface area contributed by atoms with Crippen LogP contribution in [0.25, 0.3) is 11.8 Å². The number of carbonyl (C=O) groups excluding carboxylic acids is 2. The molecule has 0 fully saturated rings. The van der Waals surface area contributed by atoms with Gasteiger partial charge in [0.2, 0.25) is 0 Å². The molecule has 5 nitrogen and oxygen atoms in total. The average molecular weight is 371 g/mol. The van der Waals surface area contributed by atoms with Crippen molar-refractivity contribution in [3.63, 3.8) is 0 Å². The fraction of sp³-hybridized carbons (Fsp3) is 0.200. The SMILES string of the molecule is COC(=O)C1=C(C)NC(=O)C1=Cc1cc(C)n(-c2ccccc2Cl)c1C. The first kappa shape index (κ1) is 18.0. The predicted octanol–water partition coefficient (Wildman–Crippen LogP) is 3.71. The van der Waals surface area contributed by atoms with E-state index in [1.165, 1.54) is 7.11 Å². The number of nitrogens with one attached hydrogen (secondary N) is 1. The molecule has 0 saturated heterocycles. The van der Waals surface area contributed by atoms with Crippen molar-refractivity contribution in [2.45, 2.75) is 20.8 Å². The smallest absolute Gasteiger partial charge is 0.340 e. The lowest BCUT2D eigenvalue weighted by molar-refractivity contribution is -0.136. The third-order valence-electron chi connectivity index (χ3n) is 4.44. The highest BCUT2D eigenvalue weighted by Gasteiger charge is 2.31. The van der Waals surface area contributed by atoms with Gasteiger partial charge in [0, 0.05) is 17.1 Å². The van der Waals surface area contributed by atoms with Crippen molar-refractivity contribution < 1.29 is 14.3 Å². The van der Waals surface area contributed by atoms with Crippen LogP contribution in [0.3, 0.4) is 0 Å². The fourth-order valence-corrected chi connectivity index (χ4v) is 3.43. The van der Waals surface area contributed by atoms with Crippen molar-refractivity contribution in [2.24, 2.45) is 0 Å². The van der Waals surface area contributed by atoms with Crippen LogP contribution >= 0.6 is 11.6 Å². The molecule has 1 amide bonds. The molecule has 134 valence electrons. The topological polar surface area (TPSA) is 60.3 Å². The first-order valence-electron chi connectivity index (χ1n) is 8.11. The molecule has 1 aliphatic heterocycles. The van der Waals surface area contributed by atoms with Gasteiger partial charge in [-0.05, 0) is 50.6 Å². The molecule has 6 heteroatoms. The van der Waals surface area contributed by atoms with Gasteiger partial charge in [0.25, 0.3) is 5.91 Å². The Morgan fingerprint density at radius 3 is 2.58 bits per heavy atom. The van der Waals surface area contributed by atoms with E-state index >= 15 is 0 Å². The van der Waals surface area contributed by atoms with Gasteiger partial charge < -0.3 is 14.6 Å². The first-order valence-corrected chi connectivity index (χ1v) is 8.49. The zero-order valence-electron chi connectivity index (χ0n) is 15.0. The summed E-state index contributed by atoms with van der Waals surface area (Å²) in [6.45, 7) is 5.59. The van der Waals surface area contributed by atoms with Crippen LogP contribution in [0.4, 0.5) is 0 Å². The normalized spacial score (nSPS) is 15.6. The van der Waals surface area contributed by atoms with Crippen molar-refractivity contribution >= 4 is 29.6 Å². The number of ether oxygens (including phenoxy) is 1. The van der Waals surface area contributed by atoms with Crippen LogP contribution in [-0.4, -0.2) is 23.6 Å². The monoisotopic (exact) mass is 370 g/mol. The van der Waals surface area contributed by atoms with Gasteiger partial charge in [-0.25, -0.2) is 4.79 Å². The summed E-state index contributed by atoms with van der Waals surface area (Å²) in [5.41, 5.74) is 4.65. The molecule has 0 bridgehead atoms. The van der Waals surface area contributed by atoms with Crippen molar-refractivity contribution in [3.05, 3.63) is 69.1 Å². The van der Waals surface area contributed by atoms with E-state index in [2.05, 4.69) is 5.32 Å². The second-order valence-corrected chi connectivity index (χ2v) is 6.52. The molecular weight excluding hydrogens is 352 g/mol. The molecule has 1 aliphatic rings. The molecule has 1 aromatic heterocycles. The fourth-order valence-electron chi connectivity index (χ4n) is 3.21. The third kappa shape index (κ3) is 2.95. The van der Waals surface area contributed by atoms with Crippen LogP contribution in [-0.2, 0) is 14.3 Å². The van der Waals surface area contributed by atoms with Crippen LogP contribution in [0.2, 0.25) is 5.02 Å². The Morgan fingerprint density at radius 1 is 1.23 bits per heavy atom. The maximum absolute atomic E-state index is 12.3. The van der Waals surface area contributed by atoms with Crippen molar-refractivity contribution in [1.82, 2.24) is 9.88 Å². The number of allylic oxidation sites excluding steroid dienone is 1. The zero-order chi connectivity index (χ0) is 19.0. The Balaban J connectivity index is 2.13. The van der Waals surface area contributed by atoms with E-state index in [9.17, 15) is 9.59 Å². The Morgan fingerprint density at radius 2 is 1.92 bits per heavy atom. The molecule has 2 aromatic rings. The van der Waals surface area contributed by atoms with Gasteiger partial charge in [0.1, 0.15) is 0 Å². The number of esters is 1. The molecule has 0 saturated carbocycles. The summed E-state index contributed by atoms with van der Waals surface area (Å²) in [6.07, 6.45) is 1.72. The molecule has 2 heterocycles. The highest BCUT2D eigenvalue weighted by Crippen LogP contribution is 2.30. The van der Waals surface area contributed by atoms with Gasteiger partial charge in [0.15, 0.2) is 0 Å². The Labute approximate surface area is 156 Å². The number of para-hydroxylation sites is 1. The molecule has 26 heavy (non-hydrogen) atoms. The predicted molar refractivity (Wildman–Crippen MR) is 101 cm³/mol. The summed E-state index contributed by atoms with van der Waals surface area (Å²) in [4.78, 5) is 24.3. The Hall–Kier alpha value is -2.79. The highest BCUT2D eigenvalue weighted by molar-refractivity contribution is 6.32. The molecular formula is C20H19ClN2O3.